The largest absolute Gasteiger partial charge is 0.353 e. The Hall–Kier alpha value is -2.75. The number of hydrogen-bond acceptors (Lipinski definition) is 7. The quantitative estimate of drug-likeness (QED) is 0.849. The van der Waals surface area contributed by atoms with Crippen molar-refractivity contribution in [3.05, 3.63) is 35.2 Å². The molecule has 0 aromatic carbocycles. The van der Waals surface area contributed by atoms with E-state index in [1.165, 1.54) is 5.56 Å². The smallest absolute Gasteiger partial charge is 0.183 e. The number of piperazine rings is 1. The van der Waals surface area contributed by atoms with Crippen molar-refractivity contribution in [2.75, 3.05) is 36.0 Å². The Morgan fingerprint density at radius 1 is 1.00 bits per heavy atom. The van der Waals surface area contributed by atoms with Crippen LogP contribution in [0, 0.1) is 25.2 Å². The van der Waals surface area contributed by atoms with Crippen molar-refractivity contribution in [2.24, 2.45) is 0 Å². The van der Waals surface area contributed by atoms with Gasteiger partial charge in [0.05, 0.1) is 0 Å². The van der Waals surface area contributed by atoms with Gasteiger partial charge < -0.3 is 9.80 Å². The molecule has 0 saturated carbocycles. The molecule has 0 atom stereocenters. The molecular formula is C17H21N7. The van der Waals surface area contributed by atoms with Crippen LogP contribution in [0.3, 0.4) is 0 Å². The Kier molecular flexibility index (Phi) is 4.56. The Bertz CT molecular complexity index is 773. The summed E-state index contributed by atoms with van der Waals surface area (Å²) in [4.78, 5) is 22.0. The lowest BCUT2D eigenvalue weighted by atomic mass is 10.1. The number of nitriles is 1. The maximum Gasteiger partial charge on any atom is 0.183 e. The minimum absolute atomic E-state index is 0.383. The lowest BCUT2D eigenvalue weighted by Gasteiger charge is -2.37. The zero-order chi connectivity index (χ0) is 17.1. The molecule has 0 N–H and O–H groups in total. The molecule has 0 radical (unpaired) electrons. The minimum atomic E-state index is 0.383. The third kappa shape index (κ3) is 3.00. The molecular weight excluding hydrogens is 302 g/mol. The summed E-state index contributed by atoms with van der Waals surface area (Å²) < 4.78 is 0. The van der Waals surface area contributed by atoms with E-state index in [0.29, 0.717) is 11.5 Å². The molecule has 124 valence electrons. The summed E-state index contributed by atoms with van der Waals surface area (Å²) in [5.41, 5.74) is 2.66. The lowest BCUT2D eigenvalue weighted by Crippen LogP contribution is -2.47. The Balaban J connectivity index is 1.80. The predicted octanol–water partition coefficient (Wildman–Crippen LogP) is 1.64. The first-order chi connectivity index (χ1) is 11.6. The normalized spacial score (nSPS) is 14.6. The predicted molar refractivity (Wildman–Crippen MR) is 92.1 cm³/mol. The molecule has 2 aromatic heterocycles. The number of aromatic nitrogens is 4. The van der Waals surface area contributed by atoms with Gasteiger partial charge in [0.25, 0.3) is 0 Å². The van der Waals surface area contributed by atoms with Crippen LogP contribution in [0.25, 0.3) is 0 Å². The summed E-state index contributed by atoms with van der Waals surface area (Å²) in [6.45, 7) is 9.38. The van der Waals surface area contributed by atoms with E-state index in [1.807, 2.05) is 13.8 Å². The molecule has 0 amide bonds. The summed E-state index contributed by atoms with van der Waals surface area (Å²) in [6.07, 6.45) is 4.11. The standard InChI is InChI=1S/C17H21N7/c1-4-14-12(2)21-13(3)22-16(14)23-7-9-24(10-8-23)17-15(11-18)19-5-6-20-17/h5-6H,4,7-10H2,1-3H3. The topological polar surface area (TPSA) is 81.8 Å². The molecule has 2 aromatic rings. The zero-order valence-electron chi connectivity index (χ0n) is 14.3. The van der Waals surface area contributed by atoms with Gasteiger partial charge in [-0.05, 0) is 20.3 Å². The summed E-state index contributed by atoms with van der Waals surface area (Å²) in [6, 6.07) is 2.12. The highest BCUT2D eigenvalue weighted by Gasteiger charge is 2.23. The third-order valence-electron chi connectivity index (χ3n) is 4.32. The first kappa shape index (κ1) is 16.1. The molecule has 24 heavy (non-hydrogen) atoms. The summed E-state index contributed by atoms with van der Waals surface area (Å²) in [5, 5.41) is 9.20. The first-order valence-electron chi connectivity index (χ1n) is 8.19. The van der Waals surface area contributed by atoms with Gasteiger partial charge in [-0.3, -0.25) is 0 Å². The molecule has 7 heteroatoms. The van der Waals surface area contributed by atoms with E-state index in [0.717, 1.165) is 49.9 Å². The van der Waals surface area contributed by atoms with Crippen LogP contribution in [0.15, 0.2) is 12.4 Å². The van der Waals surface area contributed by atoms with E-state index >= 15 is 0 Å². The second-order valence-corrected chi connectivity index (χ2v) is 5.83. The Morgan fingerprint density at radius 2 is 1.62 bits per heavy atom. The molecule has 0 aliphatic carbocycles. The maximum absolute atomic E-state index is 9.20. The van der Waals surface area contributed by atoms with Gasteiger partial charge in [0.1, 0.15) is 17.7 Å². The fourth-order valence-corrected chi connectivity index (χ4v) is 3.16. The fourth-order valence-electron chi connectivity index (χ4n) is 3.16. The highest BCUT2D eigenvalue weighted by atomic mass is 15.3. The van der Waals surface area contributed by atoms with Gasteiger partial charge in [0.2, 0.25) is 0 Å². The average Bonchev–Trinajstić information content (AvgIpc) is 2.61. The molecule has 0 unspecified atom stereocenters. The molecule has 3 heterocycles. The van der Waals surface area contributed by atoms with E-state index < -0.39 is 0 Å². The highest BCUT2D eigenvalue weighted by molar-refractivity contribution is 5.54. The maximum atomic E-state index is 9.20. The van der Waals surface area contributed by atoms with Gasteiger partial charge in [0.15, 0.2) is 11.5 Å². The van der Waals surface area contributed by atoms with Crippen LogP contribution < -0.4 is 9.80 Å². The Morgan fingerprint density at radius 3 is 2.25 bits per heavy atom. The molecule has 1 aliphatic rings. The molecule has 0 bridgehead atoms. The summed E-state index contributed by atoms with van der Waals surface area (Å²) in [7, 11) is 0. The van der Waals surface area contributed by atoms with Gasteiger partial charge in [-0.15, -0.1) is 0 Å². The van der Waals surface area contributed by atoms with Crippen LogP contribution in [0.5, 0.6) is 0 Å². The summed E-state index contributed by atoms with van der Waals surface area (Å²) >= 11 is 0. The first-order valence-corrected chi connectivity index (χ1v) is 8.19. The third-order valence-corrected chi connectivity index (χ3v) is 4.32. The number of anilines is 2. The van der Waals surface area contributed by atoms with Crippen LogP contribution >= 0.6 is 0 Å². The van der Waals surface area contributed by atoms with Crippen molar-refractivity contribution >= 4 is 11.6 Å². The minimum Gasteiger partial charge on any atom is -0.353 e. The van der Waals surface area contributed by atoms with Gasteiger partial charge in [-0.25, -0.2) is 19.9 Å². The molecule has 1 aliphatic heterocycles. The van der Waals surface area contributed by atoms with Gasteiger partial charge >= 0.3 is 0 Å². The SMILES string of the molecule is CCc1c(C)nc(C)nc1N1CCN(c2nccnc2C#N)CC1. The number of aryl methyl sites for hydroxylation is 2. The highest BCUT2D eigenvalue weighted by Crippen LogP contribution is 2.24. The van der Waals surface area contributed by atoms with E-state index in [4.69, 9.17) is 0 Å². The molecule has 1 fully saturated rings. The van der Waals surface area contributed by atoms with E-state index in [2.05, 4.69) is 42.7 Å². The van der Waals surface area contributed by atoms with E-state index in [9.17, 15) is 5.26 Å². The molecule has 1 saturated heterocycles. The summed E-state index contributed by atoms with van der Waals surface area (Å²) in [5.74, 6) is 2.52. The van der Waals surface area contributed by atoms with Crippen molar-refractivity contribution in [3.63, 3.8) is 0 Å². The average molecular weight is 323 g/mol. The van der Waals surface area contributed by atoms with Crippen molar-refractivity contribution in [1.82, 2.24) is 19.9 Å². The second-order valence-electron chi connectivity index (χ2n) is 5.83. The second kappa shape index (κ2) is 6.79. The van der Waals surface area contributed by atoms with Crippen LogP contribution in [0.2, 0.25) is 0 Å². The van der Waals surface area contributed by atoms with E-state index in [1.54, 1.807) is 12.4 Å². The van der Waals surface area contributed by atoms with Crippen molar-refractivity contribution in [2.45, 2.75) is 27.2 Å². The molecule has 3 rings (SSSR count). The number of rotatable bonds is 3. The van der Waals surface area contributed by atoms with Crippen LogP contribution in [-0.4, -0.2) is 46.1 Å². The fraction of sp³-hybridized carbons (Fsp3) is 0.471. The van der Waals surface area contributed by atoms with Crippen LogP contribution in [0.4, 0.5) is 11.6 Å². The monoisotopic (exact) mass is 323 g/mol. The van der Waals surface area contributed by atoms with Crippen LogP contribution in [0.1, 0.15) is 29.7 Å². The molecule has 0 spiro atoms. The van der Waals surface area contributed by atoms with Crippen molar-refractivity contribution in [1.29, 1.82) is 5.26 Å². The number of nitrogens with zero attached hydrogens (tertiary/aromatic N) is 7. The van der Waals surface area contributed by atoms with Gasteiger partial charge in [0, 0.05) is 49.8 Å². The molecule has 7 nitrogen and oxygen atoms in total. The zero-order valence-corrected chi connectivity index (χ0v) is 14.3. The van der Waals surface area contributed by atoms with Gasteiger partial charge in [-0.1, -0.05) is 6.92 Å². The van der Waals surface area contributed by atoms with E-state index in [-0.39, 0.29) is 0 Å². The Labute approximate surface area is 142 Å². The van der Waals surface area contributed by atoms with Gasteiger partial charge in [-0.2, -0.15) is 5.26 Å². The number of hydrogen-bond donors (Lipinski definition) is 0. The lowest BCUT2D eigenvalue weighted by molar-refractivity contribution is 0.634. The van der Waals surface area contributed by atoms with Crippen molar-refractivity contribution in [3.8, 4) is 6.07 Å². The van der Waals surface area contributed by atoms with Crippen LogP contribution in [-0.2, 0) is 6.42 Å². The van der Waals surface area contributed by atoms with Crippen molar-refractivity contribution < 1.29 is 0 Å².